The van der Waals surface area contributed by atoms with E-state index in [1.165, 1.54) is 18.4 Å². The molecule has 244 valence electrons. The lowest BCUT2D eigenvalue weighted by atomic mass is 9.96. The molecule has 2 unspecified atom stereocenters. The molecule has 2 N–H and O–H groups in total. The molecule has 6 heteroatoms. The van der Waals surface area contributed by atoms with Gasteiger partial charge in [0.2, 0.25) is 0 Å². The van der Waals surface area contributed by atoms with Crippen LogP contribution in [0.25, 0.3) is 11.3 Å². The fraction of sp³-hybridized carbons (Fsp3) is 0.400. The van der Waals surface area contributed by atoms with Gasteiger partial charge in [-0.15, -0.1) is 0 Å². The zero-order valence-corrected chi connectivity index (χ0v) is 29.5. The molecular formula is C40H51N3O2S. The summed E-state index contributed by atoms with van der Waals surface area (Å²) >= 11 is 1.91. The SMILES string of the molecule is CC=N/C(C)=C(C(/C#Cc1ccccc1)=C\CCC)\C(N)=C(/C)CC.Cc1noc(-c2ccccc2)c1CSCC1CCC(C)O1. The maximum absolute atomic E-state index is 6.48. The average molecular weight is 638 g/mol. The maximum Gasteiger partial charge on any atom is 0.171 e. The first-order valence-electron chi connectivity index (χ1n) is 16.4. The van der Waals surface area contributed by atoms with Gasteiger partial charge in [-0.1, -0.05) is 91.9 Å². The fourth-order valence-corrected chi connectivity index (χ4v) is 6.21. The highest BCUT2D eigenvalue weighted by Crippen LogP contribution is 2.31. The molecule has 0 amide bonds. The largest absolute Gasteiger partial charge is 0.398 e. The van der Waals surface area contributed by atoms with Crippen LogP contribution in [0.2, 0.25) is 0 Å². The zero-order valence-electron chi connectivity index (χ0n) is 28.7. The number of hydrogen-bond donors (Lipinski definition) is 1. The predicted molar refractivity (Wildman–Crippen MR) is 197 cm³/mol. The molecule has 46 heavy (non-hydrogen) atoms. The summed E-state index contributed by atoms with van der Waals surface area (Å²) in [7, 11) is 0. The van der Waals surface area contributed by atoms with Gasteiger partial charge in [-0.2, -0.15) is 11.8 Å². The lowest BCUT2D eigenvalue weighted by Gasteiger charge is -2.13. The molecule has 1 fully saturated rings. The van der Waals surface area contributed by atoms with E-state index in [1.807, 2.05) is 81.1 Å². The fourth-order valence-electron chi connectivity index (χ4n) is 5.04. The Morgan fingerprint density at radius 2 is 1.76 bits per heavy atom. The van der Waals surface area contributed by atoms with E-state index in [2.05, 4.69) is 67.9 Å². The van der Waals surface area contributed by atoms with Crippen molar-refractivity contribution in [2.75, 3.05) is 5.75 Å². The van der Waals surface area contributed by atoms with Crippen molar-refractivity contribution in [1.82, 2.24) is 5.16 Å². The van der Waals surface area contributed by atoms with Crippen LogP contribution in [-0.2, 0) is 10.5 Å². The van der Waals surface area contributed by atoms with E-state index >= 15 is 0 Å². The normalized spacial score (nSPS) is 17.5. The minimum absolute atomic E-state index is 0.408. The van der Waals surface area contributed by atoms with Gasteiger partial charge < -0.3 is 15.0 Å². The summed E-state index contributed by atoms with van der Waals surface area (Å²) in [6, 6.07) is 20.2. The number of allylic oxidation sites excluding steroid dienone is 4. The highest BCUT2D eigenvalue weighted by atomic mass is 32.2. The highest BCUT2D eigenvalue weighted by Gasteiger charge is 2.22. The number of thioether (sulfide) groups is 1. The first kappa shape index (κ1) is 36.7. The van der Waals surface area contributed by atoms with Crippen LogP contribution in [0.15, 0.2) is 104 Å². The third kappa shape index (κ3) is 11.2. The van der Waals surface area contributed by atoms with E-state index in [9.17, 15) is 0 Å². The van der Waals surface area contributed by atoms with Gasteiger partial charge in [-0.25, -0.2) is 0 Å². The lowest BCUT2D eigenvalue weighted by Crippen LogP contribution is -2.11. The van der Waals surface area contributed by atoms with Gasteiger partial charge in [-0.3, -0.25) is 4.99 Å². The molecule has 1 aliphatic heterocycles. The van der Waals surface area contributed by atoms with Crippen molar-refractivity contribution in [1.29, 1.82) is 0 Å². The standard InChI is InChI=1S/C23H30N2.C17H21NO2S/c1-6-9-15-21(17-16-20-13-11-10-12-14-20)22(19(5)25-8-3)23(24)18(4)7-2;1-12-8-9-15(19-12)10-21-11-16-13(2)18-20-17(16)14-6-4-3-5-7-14/h8,10-15H,6-7,9,24H2,1-5H3;3-7,12,15H,8-11H2,1-2H3/b21-15-,22-19-,23-18-,25-8?;. The smallest absolute Gasteiger partial charge is 0.171 e. The van der Waals surface area contributed by atoms with Crippen LogP contribution in [0, 0.1) is 18.8 Å². The second-order valence-corrected chi connectivity index (χ2v) is 12.6. The van der Waals surface area contributed by atoms with Crippen LogP contribution in [0.4, 0.5) is 0 Å². The van der Waals surface area contributed by atoms with Gasteiger partial charge in [-0.05, 0) is 78.0 Å². The van der Waals surface area contributed by atoms with Crippen molar-refractivity contribution in [3.63, 3.8) is 0 Å². The average Bonchev–Trinajstić information content (AvgIpc) is 3.67. The summed E-state index contributed by atoms with van der Waals surface area (Å²) < 4.78 is 11.4. The van der Waals surface area contributed by atoms with Gasteiger partial charge in [0, 0.05) is 57.0 Å². The number of aliphatic imine (C=N–C) groups is 1. The van der Waals surface area contributed by atoms with Crippen LogP contribution >= 0.6 is 11.8 Å². The van der Waals surface area contributed by atoms with Gasteiger partial charge >= 0.3 is 0 Å². The molecule has 2 atom stereocenters. The summed E-state index contributed by atoms with van der Waals surface area (Å²) in [5.74, 6) is 9.47. The Morgan fingerprint density at radius 3 is 2.37 bits per heavy atom. The van der Waals surface area contributed by atoms with Crippen LogP contribution in [0.1, 0.15) is 90.5 Å². The van der Waals surface area contributed by atoms with E-state index in [0.717, 1.165) is 81.5 Å². The molecule has 0 bridgehead atoms. The van der Waals surface area contributed by atoms with Crippen molar-refractivity contribution in [2.45, 2.75) is 98.5 Å². The molecule has 3 aromatic rings. The Hall–Kier alpha value is -3.79. The van der Waals surface area contributed by atoms with Crippen molar-refractivity contribution < 1.29 is 9.26 Å². The second-order valence-electron chi connectivity index (χ2n) is 11.5. The predicted octanol–water partition coefficient (Wildman–Crippen LogP) is 10.2. The molecule has 0 aliphatic carbocycles. The molecule has 5 nitrogen and oxygen atoms in total. The minimum atomic E-state index is 0.408. The Bertz CT molecular complexity index is 1560. The molecule has 0 saturated carbocycles. The van der Waals surface area contributed by atoms with Gasteiger partial charge in [0.15, 0.2) is 5.76 Å². The molecule has 1 aliphatic rings. The number of aryl methyl sites for hydroxylation is 1. The summed E-state index contributed by atoms with van der Waals surface area (Å²) in [4.78, 5) is 4.48. The third-order valence-electron chi connectivity index (χ3n) is 7.86. The Morgan fingerprint density at radius 1 is 1.07 bits per heavy atom. The molecule has 1 aromatic heterocycles. The molecule has 4 rings (SSSR count). The molecule has 1 saturated heterocycles. The number of aromatic nitrogens is 1. The van der Waals surface area contributed by atoms with E-state index in [4.69, 9.17) is 15.0 Å². The van der Waals surface area contributed by atoms with Crippen LogP contribution in [0.3, 0.4) is 0 Å². The lowest BCUT2D eigenvalue weighted by molar-refractivity contribution is 0.0700. The highest BCUT2D eigenvalue weighted by molar-refractivity contribution is 7.98. The summed E-state index contributed by atoms with van der Waals surface area (Å²) in [6.07, 6.45) is 10.1. The van der Waals surface area contributed by atoms with Crippen LogP contribution in [0.5, 0.6) is 0 Å². The first-order valence-corrected chi connectivity index (χ1v) is 17.6. The number of ether oxygens (including phenoxy) is 1. The molecule has 2 heterocycles. The third-order valence-corrected chi connectivity index (χ3v) is 8.96. The van der Waals surface area contributed by atoms with Crippen molar-refractivity contribution >= 4 is 18.0 Å². The topological polar surface area (TPSA) is 73.6 Å². The number of unbranched alkanes of at least 4 members (excludes halogenated alkanes) is 1. The van der Waals surface area contributed by atoms with Gasteiger partial charge in [0.25, 0.3) is 0 Å². The van der Waals surface area contributed by atoms with Crippen molar-refractivity contribution in [2.24, 2.45) is 10.7 Å². The molecule has 0 spiro atoms. The number of nitrogens with zero attached hydrogens (tertiary/aromatic N) is 2. The van der Waals surface area contributed by atoms with E-state index < -0.39 is 0 Å². The first-order chi connectivity index (χ1) is 22.3. The quantitative estimate of drug-likeness (QED) is 0.129. The zero-order chi connectivity index (χ0) is 33.3. The Kier molecular flexibility index (Phi) is 15.7. The second kappa shape index (κ2) is 19.7. The van der Waals surface area contributed by atoms with Crippen LogP contribution < -0.4 is 5.73 Å². The van der Waals surface area contributed by atoms with E-state index in [1.54, 1.807) is 6.21 Å². The number of hydrogen-bond acceptors (Lipinski definition) is 6. The van der Waals surface area contributed by atoms with Gasteiger partial charge in [0.05, 0.1) is 17.9 Å². The number of nitrogens with two attached hydrogens (primary N) is 1. The van der Waals surface area contributed by atoms with E-state index in [0.29, 0.717) is 12.2 Å². The summed E-state index contributed by atoms with van der Waals surface area (Å²) in [6.45, 7) is 14.4. The van der Waals surface area contributed by atoms with Crippen molar-refractivity contribution in [3.05, 3.63) is 112 Å². The van der Waals surface area contributed by atoms with E-state index in [-0.39, 0.29) is 0 Å². The summed E-state index contributed by atoms with van der Waals surface area (Å²) in [5, 5.41) is 4.14. The van der Waals surface area contributed by atoms with Crippen molar-refractivity contribution in [3.8, 4) is 23.2 Å². The minimum Gasteiger partial charge on any atom is -0.398 e. The number of benzene rings is 2. The maximum atomic E-state index is 6.48. The molecular weight excluding hydrogens is 587 g/mol. The van der Waals surface area contributed by atoms with Gasteiger partial charge in [0.1, 0.15) is 0 Å². The monoisotopic (exact) mass is 637 g/mol. The number of rotatable bonds is 11. The molecule has 0 radical (unpaired) electrons. The molecule has 2 aromatic carbocycles. The summed E-state index contributed by atoms with van der Waals surface area (Å²) in [5.41, 5.74) is 15.5. The van der Waals surface area contributed by atoms with Crippen LogP contribution in [-0.4, -0.2) is 29.3 Å². The Labute approximate surface area is 281 Å². The Balaban J connectivity index is 0.000000253.